The molecular weight excluding hydrogens is 398 g/mol. The predicted molar refractivity (Wildman–Crippen MR) is 153 cm³/mol. The first-order valence-corrected chi connectivity index (χ1v) is 16.0. The van der Waals surface area contributed by atoms with Crippen LogP contribution in [-0.4, -0.2) is 13.1 Å². The fraction of sp³-hybridized carbons (Fsp3) is 1.00. The van der Waals surface area contributed by atoms with Gasteiger partial charge in [-0.2, -0.15) is 0 Å². The molecule has 1 nitrogen and oxygen atoms in total. The second-order valence-electron chi connectivity index (χ2n) is 11.4. The number of rotatable bonds is 29. The van der Waals surface area contributed by atoms with Crippen LogP contribution in [0.2, 0.25) is 0 Å². The highest BCUT2D eigenvalue weighted by molar-refractivity contribution is 4.54. The highest BCUT2D eigenvalue weighted by Crippen LogP contribution is 2.14. The Morgan fingerprint density at radius 3 is 0.939 bits per heavy atom. The summed E-state index contributed by atoms with van der Waals surface area (Å²) in [6.45, 7) is 9.48. The molecule has 1 heteroatoms. The van der Waals surface area contributed by atoms with Crippen molar-refractivity contribution in [3.63, 3.8) is 0 Å². The molecule has 33 heavy (non-hydrogen) atoms. The van der Waals surface area contributed by atoms with E-state index in [1.165, 1.54) is 180 Å². The summed E-state index contributed by atoms with van der Waals surface area (Å²) in [6, 6.07) is 0. The van der Waals surface area contributed by atoms with Crippen molar-refractivity contribution in [2.75, 3.05) is 13.1 Å². The molecule has 0 bridgehead atoms. The third kappa shape index (κ3) is 32.0. The second-order valence-corrected chi connectivity index (χ2v) is 11.4. The van der Waals surface area contributed by atoms with E-state index in [0.29, 0.717) is 0 Å². The molecule has 0 atom stereocenters. The molecule has 0 radical (unpaired) electrons. The van der Waals surface area contributed by atoms with Gasteiger partial charge in [0.2, 0.25) is 0 Å². The van der Waals surface area contributed by atoms with Crippen LogP contribution in [0.25, 0.3) is 0 Å². The highest BCUT2D eigenvalue weighted by Gasteiger charge is 1.97. The van der Waals surface area contributed by atoms with Crippen molar-refractivity contribution in [2.45, 2.75) is 188 Å². The van der Waals surface area contributed by atoms with E-state index in [1.807, 2.05) is 0 Å². The molecule has 0 saturated heterocycles. The first-order valence-electron chi connectivity index (χ1n) is 16.0. The molecule has 0 aliphatic heterocycles. The minimum Gasteiger partial charge on any atom is -0.317 e. The minimum absolute atomic E-state index is 0.893. The van der Waals surface area contributed by atoms with E-state index in [-0.39, 0.29) is 0 Å². The van der Waals surface area contributed by atoms with Crippen molar-refractivity contribution in [3.05, 3.63) is 0 Å². The zero-order valence-electron chi connectivity index (χ0n) is 23.9. The maximum atomic E-state index is 3.67. The van der Waals surface area contributed by atoms with Gasteiger partial charge in [0.05, 0.1) is 0 Å². The van der Waals surface area contributed by atoms with Crippen molar-refractivity contribution in [1.82, 2.24) is 5.32 Å². The maximum Gasteiger partial charge on any atom is -0.00489 e. The molecule has 0 aliphatic rings. The molecule has 0 fully saturated rings. The lowest BCUT2D eigenvalue weighted by atomic mass is 10.0. The number of hydrogen-bond donors (Lipinski definition) is 1. The molecule has 0 unspecified atom stereocenters. The number of nitrogens with one attached hydrogen (secondary N) is 1. The minimum atomic E-state index is 0.893. The van der Waals surface area contributed by atoms with Crippen molar-refractivity contribution in [2.24, 2.45) is 5.92 Å². The van der Waals surface area contributed by atoms with Gasteiger partial charge >= 0.3 is 0 Å². The Bertz CT molecular complexity index is 324. The summed E-state index contributed by atoms with van der Waals surface area (Å²) in [6.07, 6.45) is 37.8. The van der Waals surface area contributed by atoms with Crippen molar-refractivity contribution in [3.8, 4) is 0 Å². The van der Waals surface area contributed by atoms with Gasteiger partial charge in [-0.15, -0.1) is 0 Å². The average molecular weight is 466 g/mol. The van der Waals surface area contributed by atoms with Gasteiger partial charge in [0.15, 0.2) is 0 Å². The molecule has 0 rings (SSSR count). The van der Waals surface area contributed by atoms with E-state index in [1.54, 1.807) is 0 Å². The average Bonchev–Trinajstić information content (AvgIpc) is 2.80. The van der Waals surface area contributed by atoms with Crippen LogP contribution in [0.5, 0.6) is 0 Å². The maximum absolute atomic E-state index is 3.67. The summed E-state index contributed by atoms with van der Waals surface area (Å²) < 4.78 is 0. The van der Waals surface area contributed by atoms with Gasteiger partial charge in [0.25, 0.3) is 0 Å². The van der Waals surface area contributed by atoms with Crippen LogP contribution >= 0.6 is 0 Å². The largest absolute Gasteiger partial charge is 0.317 e. The zero-order valence-corrected chi connectivity index (χ0v) is 23.9. The molecule has 0 aromatic carbocycles. The van der Waals surface area contributed by atoms with Crippen LogP contribution in [-0.2, 0) is 0 Å². The van der Waals surface area contributed by atoms with E-state index >= 15 is 0 Å². The van der Waals surface area contributed by atoms with Gasteiger partial charge < -0.3 is 5.32 Å². The lowest BCUT2D eigenvalue weighted by Crippen LogP contribution is -2.16. The van der Waals surface area contributed by atoms with Crippen LogP contribution in [0.15, 0.2) is 0 Å². The normalized spacial score (nSPS) is 11.6. The molecule has 1 N–H and O–H groups in total. The van der Waals surface area contributed by atoms with Gasteiger partial charge in [-0.1, -0.05) is 175 Å². The molecule has 0 aromatic heterocycles. The summed E-state index contributed by atoms with van der Waals surface area (Å²) >= 11 is 0. The summed E-state index contributed by atoms with van der Waals surface area (Å²) in [5.41, 5.74) is 0. The number of hydrogen-bond acceptors (Lipinski definition) is 1. The van der Waals surface area contributed by atoms with E-state index in [9.17, 15) is 0 Å². The summed E-state index contributed by atoms with van der Waals surface area (Å²) in [5.74, 6) is 0.893. The Labute approximate surface area is 212 Å². The Kier molecular flexibility index (Phi) is 30.0. The monoisotopic (exact) mass is 466 g/mol. The van der Waals surface area contributed by atoms with E-state index in [2.05, 4.69) is 26.1 Å². The quantitative estimate of drug-likeness (QED) is 0.108. The summed E-state index contributed by atoms with van der Waals surface area (Å²) in [5, 5.41) is 3.67. The third-order valence-electron chi connectivity index (χ3n) is 7.34. The molecule has 0 spiro atoms. The first-order chi connectivity index (χ1) is 16.3. The van der Waals surface area contributed by atoms with Crippen molar-refractivity contribution in [1.29, 1.82) is 0 Å². The van der Waals surface area contributed by atoms with Gasteiger partial charge in [-0.25, -0.2) is 0 Å². The van der Waals surface area contributed by atoms with Crippen LogP contribution in [0.4, 0.5) is 0 Å². The lowest BCUT2D eigenvalue weighted by Gasteiger charge is -2.06. The van der Waals surface area contributed by atoms with Gasteiger partial charge in [0.1, 0.15) is 0 Å². The van der Waals surface area contributed by atoms with Gasteiger partial charge in [0, 0.05) is 0 Å². The Hall–Kier alpha value is -0.0400. The fourth-order valence-electron chi connectivity index (χ4n) is 4.96. The van der Waals surface area contributed by atoms with Crippen LogP contribution in [0, 0.1) is 5.92 Å². The molecule has 0 saturated carbocycles. The first kappa shape index (κ1) is 33.0. The van der Waals surface area contributed by atoms with E-state index in [4.69, 9.17) is 0 Å². The van der Waals surface area contributed by atoms with Crippen LogP contribution < -0.4 is 5.32 Å². The summed E-state index contributed by atoms with van der Waals surface area (Å²) in [7, 11) is 0. The topological polar surface area (TPSA) is 12.0 Å². The predicted octanol–water partition coefficient (Wildman–Crippen LogP) is 11.4. The molecule has 0 amide bonds. The van der Waals surface area contributed by atoms with Crippen molar-refractivity contribution < 1.29 is 0 Å². The SMILES string of the molecule is CCCCCCCCCCCCCCCCNCCCCCCCCCCCCCC(C)C. The van der Waals surface area contributed by atoms with Crippen molar-refractivity contribution >= 4 is 0 Å². The number of unbranched alkanes of at least 4 members (excludes halogenated alkanes) is 23. The zero-order chi connectivity index (χ0) is 24.1. The Balaban J connectivity index is 3.00. The molecule has 0 aliphatic carbocycles. The molecule has 0 heterocycles. The van der Waals surface area contributed by atoms with Gasteiger partial charge in [-0.3, -0.25) is 0 Å². The highest BCUT2D eigenvalue weighted by atomic mass is 14.8. The van der Waals surface area contributed by atoms with Crippen LogP contribution in [0.1, 0.15) is 188 Å². The Morgan fingerprint density at radius 2 is 0.636 bits per heavy atom. The molecule has 0 aromatic rings. The second kappa shape index (κ2) is 30.0. The fourth-order valence-corrected chi connectivity index (χ4v) is 4.96. The smallest absolute Gasteiger partial charge is 0.00489 e. The lowest BCUT2D eigenvalue weighted by molar-refractivity contribution is 0.501. The van der Waals surface area contributed by atoms with Gasteiger partial charge in [-0.05, 0) is 31.8 Å². The summed E-state index contributed by atoms with van der Waals surface area (Å²) in [4.78, 5) is 0. The van der Waals surface area contributed by atoms with Crippen LogP contribution in [0.3, 0.4) is 0 Å². The Morgan fingerprint density at radius 1 is 0.364 bits per heavy atom. The standard InChI is InChI=1S/C32H67N/c1-4-5-6-7-8-9-10-11-12-15-18-21-24-27-30-33-31-28-25-22-19-16-13-14-17-20-23-26-29-32(2)3/h32-33H,4-31H2,1-3H3. The molecular formula is C32H67N. The molecule has 200 valence electrons. The van der Waals surface area contributed by atoms with E-state index in [0.717, 1.165) is 5.92 Å². The third-order valence-corrected chi connectivity index (χ3v) is 7.34. The van der Waals surface area contributed by atoms with E-state index < -0.39 is 0 Å².